The third-order valence-corrected chi connectivity index (χ3v) is 8.15. The summed E-state index contributed by atoms with van der Waals surface area (Å²) in [7, 11) is -6.21. The van der Waals surface area contributed by atoms with Crippen molar-refractivity contribution in [3.8, 4) is 0 Å². The van der Waals surface area contributed by atoms with E-state index in [4.69, 9.17) is 0 Å². The molecule has 0 aliphatic carbocycles. The zero-order valence-electron chi connectivity index (χ0n) is 17.3. The topological polar surface area (TPSA) is 57.2 Å². The monoisotopic (exact) mass is 504 g/mol. The molecule has 0 N–H and O–H groups in total. The third-order valence-electron chi connectivity index (χ3n) is 5.06. The Labute approximate surface area is 196 Å². The van der Waals surface area contributed by atoms with E-state index < -0.39 is 61.2 Å². The third kappa shape index (κ3) is 4.72. The lowest BCUT2D eigenvalue weighted by Gasteiger charge is -2.14. The van der Waals surface area contributed by atoms with Crippen molar-refractivity contribution in [2.45, 2.75) is 26.0 Å². The molecule has 34 heavy (non-hydrogen) atoms. The maximum Gasteiger partial charge on any atom is 0.179 e. The first-order valence-corrected chi connectivity index (χ1v) is 12.6. The lowest BCUT2D eigenvalue weighted by atomic mass is 10.0. The van der Waals surface area contributed by atoms with E-state index in [1.807, 2.05) is 60.7 Å². The minimum Gasteiger partial charge on any atom is -0.744 e. The molecule has 0 bridgehead atoms. The minimum absolute atomic E-state index is 0.336. The summed E-state index contributed by atoms with van der Waals surface area (Å²) in [5.74, 6) is -8.28. The van der Waals surface area contributed by atoms with Crippen LogP contribution in [0.1, 0.15) is 11.1 Å². The lowest BCUT2D eigenvalue weighted by molar-refractivity contribution is 0.391. The molecule has 0 unspecified atom stereocenters. The Kier molecular flexibility index (Phi) is 6.79. The first kappa shape index (κ1) is 24.0. The van der Waals surface area contributed by atoms with Gasteiger partial charge in [-0.25, -0.2) is 26.0 Å². The molecule has 4 aromatic carbocycles. The van der Waals surface area contributed by atoms with E-state index in [2.05, 4.69) is 0 Å². The second-order valence-corrected chi connectivity index (χ2v) is 10.6. The first-order valence-electron chi connectivity index (χ1n) is 9.92. The summed E-state index contributed by atoms with van der Waals surface area (Å²) >= 11 is 0. The molecule has 0 atom stereocenters. The van der Waals surface area contributed by atoms with Crippen LogP contribution in [0.5, 0.6) is 0 Å². The van der Waals surface area contributed by atoms with Gasteiger partial charge in [-0.1, -0.05) is 48.5 Å². The average molecular weight is 505 g/mol. The van der Waals surface area contributed by atoms with Crippen LogP contribution in [-0.4, -0.2) is 13.0 Å². The first-order chi connectivity index (χ1) is 16.2. The fraction of sp³-hybridized carbons (Fsp3) is 0.0400. The SMILES string of the molecule is O=S(=O)([O-])c1c(F)c(F)c(Cc2ccc([S+](c3ccccc3)c3ccccc3)cc2)c(F)c1F. The molecule has 0 amide bonds. The van der Waals surface area contributed by atoms with Gasteiger partial charge in [0.25, 0.3) is 0 Å². The highest BCUT2D eigenvalue weighted by Gasteiger charge is 2.30. The van der Waals surface area contributed by atoms with Gasteiger partial charge < -0.3 is 4.55 Å². The van der Waals surface area contributed by atoms with Crippen LogP contribution in [0.15, 0.2) is 105 Å². The maximum absolute atomic E-state index is 14.4. The standard InChI is InChI=1S/C25H16F4O3S2/c26-21-20(22(27)24(29)25(23(21)28)34(30,31)32)15-16-11-13-19(14-12-16)33(17-7-3-1-4-8-17)18-9-5-2-6-10-18/h1-14H,15H2. The Morgan fingerprint density at radius 3 is 1.44 bits per heavy atom. The minimum atomic E-state index is -5.75. The van der Waals surface area contributed by atoms with E-state index in [-0.39, 0.29) is 0 Å². The quantitative estimate of drug-likeness (QED) is 0.144. The molecule has 0 aliphatic rings. The fourth-order valence-electron chi connectivity index (χ4n) is 3.50. The van der Waals surface area contributed by atoms with Gasteiger partial charge in [-0.05, 0) is 42.0 Å². The molecule has 0 aromatic heterocycles. The summed E-state index contributed by atoms with van der Waals surface area (Å²) in [4.78, 5) is 0.859. The van der Waals surface area contributed by atoms with Crippen LogP contribution in [0.2, 0.25) is 0 Å². The van der Waals surface area contributed by atoms with Gasteiger partial charge in [-0.15, -0.1) is 0 Å². The van der Waals surface area contributed by atoms with Crippen molar-refractivity contribution in [3.05, 3.63) is 119 Å². The molecule has 4 aromatic rings. The molecule has 4 rings (SSSR count). The number of hydrogen-bond acceptors (Lipinski definition) is 3. The molecule has 174 valence electrons. The van der Waals surface area contributed by atoms with Gasteiger partial charge in [0.2, 0.25) is 0 Å². The van der Waals surface area contributed by atoms with Gasteiger partial charge in [-0.2, -0.15) is 0 Å². The highest BCUT2D eigenvalue weighted by Crippen LogP contribution is 2.32. The second kappa shape index (κ2) is 9.61. The number of rotatable bonds is 6. The Bertz CT molecular complexity index is 1360. The zero-order chi connectivity index (χ0) is 24.5. The highest BCUT2D eigenvalue weighted by atomic mass is 32.2. The smallest absolute Gasteiger partial charge is 0.179 e. The van der Waals surface area contributed by atoms with Crippen LogP contribution in [0.4, 0.5) is 17.6 Å². The fourth-order valence-corrected chi connectivity index (χ4v) is 6.20. The van der Waals surface area contributed by atoms with E-state index in [1.165, 1.54) is 0 Å². The van der Waals surface area contributed by atoms with Crippen LogP contribution >= 0.6 is 0 Å². The molecular formula is C25H16F4O3S2. The normalized spacial score (nSPS) is 11.7. The van der Waals surface area contributed by atoms with Gasteiger partial charge in [-0.3, -0.25) is 0 Å². The van der Waals surface area contributed by atoms with E-state index in [0.717, 1.165) is 14.7 Å². The van der Waals surface area contributed by atoms with E-state index in [1.54, 1.807) is 24.3 Å². The van der Waals surface area contributed by atoms with Crippen molar-refractivity contribution in [2.75, 3.05) is 0 Å². The Morgan fingerprint density at radius 1 is 0.618 bits per heavy atom. The summed E-state index contributed by atoms with van der Waals surface area (Å²) in [5.41, 5.74) is -0.664. The molecule has 0 saturated carbocycles. The molecular weight excluding hydrogens is 488 g/mol. The summed E-state index contributed by atoms with van der Waals surface area (Å²) in [5, 5.41) is 0. The summed E-state index contributed by atoms with van der Waals surface area (Å²) in [6.45, 7) is 0. The van der Waals surface area contributed by atoms with Gasteiger partial charge in [0.15, 0.2) is 38.0 Å². The van der Waals surface area contributed by atoms with E-state index >= 15 is 0 Å². The Balaban J connectivity index is 1.71. The van der Waals surface area contributed by atoms with E-state index in [9.17, 15) is 30.5 Å². The summed E-state index contributed by atoms with van der Waals surface area (Å²) in [6.07, 6.45) is -0.546. The van der Waals surface area contributed by atoms with Gasteiger partial charge in [0.1, 0.15) is 15.0 Å². The van der Waals surface area contributed by atoms with Crippen LogP contribution in [0.25, 0.3) is 0 Å². The van der Waals surface area contributed by atoms with Crippen molar-refractivity contribution in [2.24, 2.45) is 0 Å². The largest absolute Gasteiger partial charge is 0.744 e. The predicted octanol–water partition coefficient (Wildman–Crippen LogP) is 5.83. The summed E-state index contributed by atoms with van der Waals surface area (Å²) < 4.78 is 90.0. The number of halogens is 4. The molecule has 0 fully saturated rings. The van der Waals surface area contributed by atoms with Crippen molar-refractivity contribution < 1.29 is 30.5 Å². The number of hydrogen-bond donors (Lipinski definition) is 0. The Morgan fingerprint density at radius 2 is 1.03 bits per heavy atom. The van der Waals surface area contributed by atoms with Gasteiger partial charge >= 0.3 is 0 Å². The molecule has 0 spiro atoms. The molecule has 0 saturated heterocycles. The van der Waals surface area contributed by atoms with Crippen LogP contribution in [0, 0.1) is 23.3 Å². The van der Waals surface area contributed by atoms with Gasteiger partial charge in [0, 0.05) is 12.0 Å². The van der Waals surface area contributed by atoms with Crippen molar-refractivity contribution in [1.82, 2.24) is 0 Å². The lowest BCUT2D eigenvalue weighted by Crippen LogP contribution is -2.13. The second-order valence-electron chi connectivity index (χ2n) is 7.27. The Hall–Kier alpha value is -3.14. The van der Waals surface area contributed by atoms with Crippen molar-refractivity contribution in [3.63, 3.8) is 0 Å². The van der Waals surface area contributed by atoms with Crippen LogP contribution in [0.3, 0.4) is 0 Å². The highest BCUT2D eigenvalue weighted by molar-refractivity contribution is 7.97. The number of benzene rings is 4. The predicted molar refractivity (Wildman–Crippen MR) is 119 cm³/mol. The zero-order valence-corrected chi connectivity index (χ0v) is 19.0. The van der Waals surface area contributed by atoms with Crippen molar-refractivity contribution in [1.29, 1.82) is 0 Å². The van der Waals surface area contributed by atoms with E-state index in [0.29, 0.717) is 5.56 Å². The molecule has 0 heterocycles. The van der Waals surface area contributed by atoms with Gasteiger partial charge in [0.05, 0.1) is 10.9 Å². The average Bonchev–Trinajstić information content (AvgIpc) is 2.82. The molecule has 0 aliphatic heterocycles. The van der Waals surface area contributed by atoms with Crippen LogP contribution in [-0.2, 0) is 27.4 Å². The summed E-state index contributed by atoms with van der Waals surface area (Å²) in [6, 6.07) is 26.2. The molecule has 3 nitrogen and oxygen atoms in total. The molecule has 0 radical (unpaired) electrons. The maximum atomic E-state index is 14.4. The van der Waals surface area contributed by atoms with Crippen LogP contribution < -0.4 is 0 Å². The van der Waals surface area contributed by atoms with Crippen molar-refractivity contribution >= 4 is 21.0 Å². The molecule has 9 heteroatoms.